The number of carboxylic acids is 1. The standard InChI is InChI=1S/C17H19ClN2O4/c1-3-17(4-2,16(22)23)14(21)15(20-10-9-19-11-20)24-13-7-5-12(18)6-8-13/h5-11,15H,3-4H2,1-2H3,(H,22,23). The number of ether oxygens (including phenoxy) is 1. The Labute approximate surface area is 145 Å². The average Bonchev–Trinajstić information content (AvgIpc) is 3.09. The van der Waals surface area contributed by atoms with Crippen molar-refractivity contribution < 1.29 is 19.4 Å². The third-order valence-corrected chi connectivity index (χ3v) is 4.42. The summed E-state index contributed by atoms with van der Waals surface area (Å²) in [7, 11) is 0. The van der Waals surface area contributed by atoms with E-state index < -0.39 is 23.4 Å². The Morgan fingerprint density at radius 3 is 2.38 bits per heavy atom. The van der Waals surface area contributed by atoms with Crippen molar-refractivity contribution in [3.63, 3.8) is 0 Å². The maximum atomic E-state index is 13.1. The SMILES string of the molecule is CCC(CC)(C(=O)O)C(=O)C(Oc1ccc(Cl)cc1)n1ccnc1. The lowest BCUT2D eigenvalue weighted by molar-refractivity contribution is -0.160. The van der Waals surface area contributed by atoms with Crippen molar-refractivity contribution in [2.45, 2.75) is 32.9 Å². The molecule has 0 amide bonds. The lowest BCUT2D eigenvalue weighted by Crippen LogP contribution is -2.44. The molecule has 2 aromatic rings. The summed E-state index contributed by atoms with van der Waals surface area (Å²) in [6.45, 7) is 3.37. The number of Topliss-reactive ketones (excluding diaryl/α,β-unsaturated/α-hetero) is 1. The van der Waals surface area contributed by atoms with Gasteiger partial charge >= 0.3 is 5.97 Å². The lowest BCUT2D eigenvalue weighted by atomic mass is 9.77. The first-order valence-corrected chi connectivity index (χ1v) is 7.99. The molecular weight excluding hydrogens is 332 g/mol. The van der Waals surface area contributed by atoms with Crippen LogP contribution in [0.1, 0.15) is 32.9 Å². The largest absolute Gasteiger partial charge is 0.480 e. The minimum absolute atomic E-state index is 0.173. The highest BCUT2D eigenvalue weighted by molar-refractivity contribution is 6.30. The fourth-order valence-electron chi connectivity index (χ4n) is 2.54. The predicted molar refractivity (Wildman–Crippen MR) is 89.0 cm³/mol. The van der Waals surface area contributed by atoms with Crippen LogP contribution >= 0.6 is 11.6 Å². The van der Waals surface area contributed by atoms with Crippen molar-refractivity contribution in [3.05, 3.63) is 48.0 Å². The molecule has 0 radical (unpaired) electrons. The number of nitrogens with zero attached hydrogens (tertiary/aromatic N) is 2. The molecule has 1 unspecified atom stereocenters. The molecule has 1 aromatic heterocycles. The van der Waals surface area contributed by atoms with E-state index in [0.717, 1.165) is 0 Å². The molecule has 0 aliphatic rings. The highest BCUT2D eigenvalue weighted by atomic mass is 35.5. The van der Waals surface area contributed by atoms with Gasteiger partial charge in [0.15, 0.2) is 0 Å². The first-order valence-electron chi connectivity index (χ1n) is 7.62. The van der Waals surface area contributed by atoms with Gasteiger partial charge in [0, 0.05) is 17.4 Å². The molecule has 0 aliphatic heterocycles. The lowest BCUT2D eigenvalue weighted by Gasteiger charge is -2.30. The predicted octanol–water partition coefficient (Wildman–Crippen LogP) is 3.57. The maximum Gasteiger partial charge on any atom is 0.317 e. The highest BCUT2D eigenvalue weighted by Crippen LogP contribution is 2.34. The van der Waals surface area contributed by atoms with Crippen molar-refractivity contribution in [1.82, 2.24) is 9.55 Å². The Kier molecular flexibility index (Phi) is 5.62. The van der Waals surface area contributed by atoms with E-state index in [4.69, 9.17) is 16.3 Å². The van der Waals surface area contributed by atoms with Crippen LogP contribution < -0.4 is 4.74 Å². The summed E-state index contributed by atoms with van der Waals surface area (Å²) < 4.78 is 7.25. The Balaban J connectivity index is 2.41. The number of benzene rings is 1. The molecule has 1 aromatic carbocycles. The van der Waals surface area contributed by atoms with Crippen molar-refractivity contribution in [1.29, 1.82) is 0 Å². The first kappa shape index (κ1) is 18.0. The zero-order valence-corrected chi connectivity index (χ0v) is 14.2. The zero-order valence-electron chi connectivity index (χ0n) is 13.5. The van der Waals surface area contributed by atoms with Crippen LogP contribution in [0.3, 0.4) is 0 Å². The van der Waals surface area contributed by atoms with Crippen LogP contribution in [0.2, 0.25) is 5.02 Å². The molecule has 0 saturated carbocycles. The minimum atomic E-state index is -1.51. The van der Waals surface area contributed by atoms with E-state index in [1.54, 1.807) is 44.3 Å². The topological polar surface area (TPSA) is 81.4 Å². The van der Waals surface area contributed by atoms with E-state index in [2.05, 4.69) is 4.98 Å². The number of aromatic nitrogens is 2. The third-order valence-electron chi connectivity index (χ3n) is 4.17. The van der Waals surface area contributed by atoms with Gasteiger partial charge in [0.05, 0.1) is 6.33 Å². The summed E-state index contributed by atoms with van der Waals surface area (Å²) in [4.78, 5) is 28.8. The normalized spacial score (nSPS) is 12.6. The van der Waals surface area contributed by atoms with Crippen molar-refractivity contribution >= 4 is 23.4 Å². The van der Waals surface area contributed by atoms with Gasteiger partial charge in [-0.05, 0) is 37.1 Å². The number of ketones is 1. The Morgan fingerprint density at radius 1 is 1.29 bits per heavy atom. The van der Waals surface area contributed by atoms with Gasteiger partial charge in [-0.3, -0.25) is 14.2 Å². The molecule has 1 heterocycles. The summed E-state index contributed by atoms with van der Waals surface area (Å²) in [5.74, 6) is -1.26. The van der Waals surface area contributed by atoms with E-state index in [-0.39, 0.29) is 12.8 Å². The highest BCUT2D eigenvalue weighted by Gasteiger charge is 2.47. The summed E-state index contributed by atoms with van der Waals surface area (Å²) in [5, 5.41) is 10.2. The number of hydrogen-bond acceptors (Lipinski definition) is 4. The molecule has 24 heavy (non-hydrogen) atoms. The molecular formula is C17H19ClN2O4. The van der Waals surface area contributed by atoms with Crippen LogP contribution in [0.4, 0.5) is 0 Å². The summed E-state index contributed by atoms with van der Waals surface area (Å²) in [6.07, 6.45) is 3.72. The molecule has 2 rings (SSSR count). The minimum Gasteiger partial charge on any atom is -0.480 e. The summed E-state index contributed by atoms with van der Waals surface area (Å²) in [5.41, 5.74) is -1.51. The number of hydrogen-bond donors (Lipinski definition) is 1. The quantitative estimate of drug-likeness (QED) is 0.736. The Morgan fingerprint density at radius 2 is 1.92 bits per heavy atom. The molecule has 7 heteroatoms. The van der Waals surface area contributed by atoms with Gasteiger partial charge in [-0.25, -0.2) is 4.98 Å². The second kappa shape index (κ2) is 7.49. The molecule has 0 aliphatic carbocycles. The fraction of sp³-hybridized carbons (Fsp3) is 0.353. The van der Waals surface area contributed by atoms with Gasteiger partial charge in [-0.1, -0.05) is 25.4 Å². The smallest absolute Gasteiger partial charge is 0.317 e. The molecule has 0 bridgehead atoms. The van der Waals surface area contributed by atoms with Crippen LogP contribution in [0.15, 0.2) is 43.0 Å². The number of aliphatic carboxylic acids is 1. The number of carbonyl (C=O) groups excluding carboxylic acids is 1. The molecule has 1 N–H and O–H groups in total. The van der Waals surface area contributed by atoms with Crippen molar-refractivity contribution in [2.24, 2.45) is 5.41 Å². The van der Waals surface area contributed by atoms with E-state index in [9.17, 15) is 14.7 Å². The maximum absolute atomic E-state index is 13.1. The Bertz CT molecular complexity index is 694. The van der Waals surface area contributed by atoms with E-state index in [0.29, 0.717) is 10.8 Å². The molecule has 128 valence electrons. The molecule has 0 spiro atoms. The van der Waals surface area contributed by atoms with Crippen molar-refractivity contribution in [3.8, 4) is 5.75 Å². The van der Waals surface area contributed by atoms with Gasteiger partial charge in [-0.15, -0.1) is 0 Å². The molecule has 1 atom stereocenters. The second-order valence-corrected chi connectivity index (χ2v) is 5.83. The van der Waals surface area contributed by atoms with Crippen LogP contribution in [0.25, 0.3) is 0 Å². The fourth-order valence-corrected chi connectivity index (χ4v) is 2.67. The van der Waals surface area contributed by atoms with Crippen LogP contribution in [-0.2, 0) is 9.59 Å². The first-order chi connectivity index (χ1) is 11.4. The summed E-state index contributed by atoms with van der Waals surface area (Å²) in [6, 6.07) is 6.52. The van der Waals surface area contributed by atoms with E-state index in [1.807, 2.05) is 0 Å². The Hall–Kier alpha value is -2.34. The van der Waals surface area contributed by atoms with Crippen LogP contribution in [0, 0.1) is 5.41 Å². The van der Waals surface area contributed by atoms with Gasteiger partial charge in [0.25, 0.3) is 0 Å². The molecule has 0 saturated heterocycles. The van der Waals surface area contributed by atoms with E-state index >= 15 is 0 Å². The average molecular weight is 351 g/mol. The van der Waals surface area contributed by atoms with Gasteiger partial charge in [0.1, 0.15) is 11.2 Å². The van der Waals surface area contributed by atoms with Gasteiger partial charge in [-0.2, -0.15) is 0 Å². The number of rotatable bonds is 8. The second-order valence-electron chi connectivity index (χ2n) is 5.39. The van der Waals surface area contributed by atoms with Crippen LogP contribution in [0.5, 0.6) is 5.75 Å². The third kappa shape index (κ3) is 3.43. The zero-order chi connectivity index (χ0) is 17.7. The van der Waals surface area contributed by atoms with Gasteiger partial charge < -0.3 is 9.84 Å². The van der Waals surface area contributed by atoms with Gasteiger partial charge in [0.2, 0.25) is 12.0 Å². The molecule has 6 nitrogen and oxygen atoms in total. The van der Waals surface area contributed by atoms with E-state index in [1.165, 1.54) is 17.1 Å². The van der Waals surface area contributed by atoms with Crippen LogP contribution in [-0.4, -0.2) is 26.4 Å². The summed E-state index contributed by atoms with van der Waals surface area (Å²) >= 11 is 5.85. The van der Waals surface area contributed by atoms with Crippen molar-refractivity contribution in [2.75, 3.05) is 0 Å². The number of imidazole rings is 1. The number of carboxylic acid groups (broad SMARTS) is 1. The monoisotopic (exact) mass is 350 g/mol. The number of halogens is 1. The molecule has 0 fully saturated rings. The number of carbonyl (C=O) groups is 2.